The molecule has 1 saturated carbocycles. The Morgan fingerprint density at radius 1 is 1.43 bits per heavy atom. The van der Waals surface area contributed by atoms with Gasteiger partial charge in [0.25, 0.3) is 0 Å². The molecule has 4 heteroatoms. The Balaban J connectivity index is 1.81. The van der Waals surface area contributed by atoms with E-state index in [1.165, 1.54) is 0 Å². The first kappa shape index (κ1) is 9.93. The zero-order chi connectivity index (χ0) is 10.2. The van der Waals surface area contributed by atoms with Crippen molar-refractivity contribution < 1.29 is 15.0 Å². The van der Waals surface area contributed by atoms with E-state index in [0.29, 0.717) is 6.04 Å². The lowest BCUT2D eigenvalue weighted by Gasteiger charge is -2.17. The third-order valence-corrected chi connectivity index (χ3v) is 3.51. The maximum atomic E-state index is 10.7. The van der Waals surface area contributed by atoms with Gasteiger partial charge in [0.05, 0.1) is 0 Å². The average molecular weight is 199 g/mol. The Kier molecular flexibility index (Phi) is 2.49. The fourth-order valence-electron chi connectivity index (χ4n) is 2.30. The molecule has 3 N–H and O–H groups in total. The van der Waals surface area contributed by atoms with Crippen LogP contribution in [0.3, 0.4) is 0 Å². The van der Waals surface area contributed by atoms with Gasteiger partial charge < -0.3 is 15.5 Å². The van der Waals surface area contributed by atoms with Crippen LogP contribution in [-0.4, -0.2) is 34.9 Å². The Bertz CT molecular complexity index is 238. The van der Waals surface area contributed by atoms with Gasteiger partial charge in [0.15, 0.2) is 0 Å². The minimum Gasteiger partial charge on any atom is -0.480 e. The quantitative estimate of drug-likeness (QED) is 0.611. The van der Waals surface area contributed by atoms with Crippen molar-refractivity contribution in [2.75, 3.05) is 6.61 Å². The van der Waals surface area contributed by atoms with E-state index in [1.807, 2.05) is 0 Å². The number of aliphatic carboxylic acids is 1. The van der Waals surface area contributed by atoms with Crippen molar-refractivity contribution in [1.29, 1.82) is 0 Å². The lowest BCUT2D eigenvalue weighted by Crippen LogP contribution is -2.36. The Labute approximate surface area is 83.3 Å². The molecule has 2 aliphatic rings. The smallest absolute Gasteiger partial charge is 0.320 e. The van der Waals surface area contributed by atoms with E-state index >= 15 is 0 Å². The number of aliphatic hydroxyl groups is 1. The molecule has 0 amide bonds. The van der Waals surface area contributed by atoms with Crippen molar-refractivity contribution >= 4 is 5.97 Å². The van der Waals surface area contributed by atoms with Gasteiger partial charge in [-0.3, -0.25) is 4.79 Å². The molecule has 2 rings (SSSR count). The molecule has 2 fully saturated rings. The first-order valence-corrected chi connectivity index (χ1v) is 5.25. The highest BCUT2D eigenvalue weighted by Crippen LogP contribution is 2.49. The number of rotatable bonds is 4. The van der Waals surface area contributed by atoms with Gasteiger partial charge >= 0.3 is 5.97 Å². The van der Waals surface area contributed by atoms with E-state index in [-0.39, 0.29) is 18.1 Å². The van der Waals surface area contributed by atoms with Crippen LogP contribution in [0.15, 0.2) is 0 Å². The summed E-state index contributed by atoms with van der Waals surface area (Å²) in [4.78, 5) is 10.7. The summed E-state index contributed by atoms with van der Waals surface area (Å²) >= 11 is 0. The van der Waals surface area contributed by atoms with Crippen LogP contribution in [0.2, 0.25) is 0 Å². The minimum atomic E-state index is -0.749. The Hall–Kier alpha value is -0.610. The molecule has 4 nitrogen and oxygen atoms in total. The minimum absolute atomic E-state index is 0.130. The molecule has 1 saturated heterocycles. The number of hydrogen-bond acceptors (Lipinski definition) is 3. The van der Waals surface area contributed by atoms with E-state index < -0.39 is 5.97 Å². The molecule has 0 aromatic heterocycles. The van der Waals surface area contributed by atoms with Gasteiger partial charge in [-0.15, -0.1) is 0 Å². The highest BCUT2D eigenvalue weighted by molar-refractivity contribution is 5.73. The van der Waals surface area contributed by atoms with Crippen LogP contribution in [0.1, 0.15) is 32.1 Å². The third-order valence-electron chi connectivity index (χ3n) is 3.51. The summed E-state index contributed by atoms with van der Waals surface area (Å²) in [7, 11) is 0. The maximum Gasteiger partial charge on any atom is 0.320 e. The third kappa shape index (κ3) is 1.91. The Morgan fingerprint density at radius 3 is 2.57 bits per heavy atom. The molecule has 0 bridgehead atoms. The van der Waals surface area contributed by atoms with Gasteiger partial charge in [0.2, 0.25) is 0 Å². The van der Waals surface area contributed by atoms with E-state index in [0.717, 1.165) is 32.1 Å². The van der Waals surface area contributed by atoms with Gasteiger partial charge in [-0.2, -0.15) is 0 Å². The molecule has 0 aromatic carbocycles. The summed E-state index contributed by atoms with van der Waals surface area (Å²) in [5.74, 6) is -0.749. The predicted octanol–water partition coefficient (Wildman–Crippen LogP) is 0.354. The average Bonchev–Trinajstić information content (AvgIpc) is 2.75. The summed E-state index contributed by atoms with van der Waals surface area (Å²) in [6.45, 7) is 0.253. The number of carboxylic acid groups (broad SMARTS) is 1. The molecular formula is C10H17NO3. The predicted molar refractivity (Wildman–Crippen MR) is 51.0 cm³/mol. The first-order valence-electron chi connectivity index (χ1n) is 5.25. The second-order valence-corrected chi connectivity index (χ2v) is 4.69. The molecule has 0 radical (unpaired) electrons. The summed E-state index contributed by atoms with van der Waals surface area (Å²) < 4.78 is 0. The largest absolute Gasteiger partial charge is 0.480 e. The number of carboxylic acids is 1. The SMILES string of the molecule is O=C(O)C1CCC(CC2(CO)CC2)N1. The fraction of sp³-hybridized carbons (Fsp3) is 0.900. The number of carbonyl (C=O) groups is 1. The second-order valence-electron chi connectivity index (χ2n) is 4.69. The normalized spacial score (nSPS) is 34.4. The van der Waals surface area contributed by atoms with Gasteiger partial charge in [-0.25, -0.2) is 0 Å². The van der Waals surface area contributed by atoms with E-state index in [4.69, 9.17) is 10.2 Å². The van der Waals surface area contributed by atoms with Crippen LogP contribution in [-0.2, 0) is 4.79 Å². The molecule has 80 valence electrons. The second kappa shape index (κ2) is 3.51. The zero-order valence-corrected chi connectivity index (χ0v) is 8.20. The number of aliphatic hydroxyl groups excluding tert-OH is 1. The molecule has 1 aliphatic carbocycles. The van der Waals surface area contributed by atoms with Gasteiger partial charge in [-0.05, 0) is 37.5 Å². The van der Waals surface area contributed by atoms with Crippen LogP contribution in [0, 0.1) is 5.41 Å². The first-order chi connectivity index (χ1) is 6.65. The molecule has 1 aliphatic heterocycles. The molecule has 2 unspecified atom stereocenters. The highest BCUT2D eigenvalue weighted by atomic mass is 16.4. The lowest BCUT2D eigenvalue weighted by atomic mass is 9.97. The van der Waals surface area contributed by atoms with Crippen molar-refractivity contribution in [3.05, 3.63) is 0 Å². The Morgan fingerprint density at radius 2 is 2.14 bits per heavy atom. The van der Waals surface area contributed by atoms with Crippen LogP contribution in [0.25, 0.3) is 0 Å². The lowest BCUT2D eigenvalue weighted by molar-refractivity contribution is -0.139. The summed E-state index contributed by atoms with van der Waals surface area (Å²) in [5.41, 5.74) is 0.130. The van der Waals surface area contributed by atoms with Gasteiger partial charge in [0, 0.05) is 12.6 Å². The zero-order valence-electron chi connectivity index (χ0n) is 8.20. The summed E-state index contributed by atoms with van der Waals surface area (Å²) in [6.07, 6.45) is 4.78. The standard InChI is InChI=1S/C10H17NO3/c12-6-10(3-4-10)5-7-1-2-8(11-7)9(13)14/h7-8,11-12H,1-6H2,(H,13,14). The van der Waals surface area contributed by atoms with Crippen molar-refractivity contribution in [2.45, 2.75) is 44.2 Å². The van der Waals surface area contributed by atoms with Crippen molar-refractivity contribution in [2.24, 2.45) is 5.41 Å². The molecule has 0 spiro atoms. The van der Waals surface area contributed by atoms with Crippen LogP contribution in [0.5, 0.6) is 0 Å². The van der Waals surface area contributed by atoms with E-state index in [2.05, 4.69) is 5.32 Å². The van der Waals surface area contributed by atoms with E-state index in [1.54, 1.807) is 0 Å². The monoisotopic (exact) mass is 199 g/mol. The van der Waals surface area contributed by atoms with Crippen molar-refractivity contribution in [3.63, 3.8) is 0 Å². The molecule has 2 atom stereocenters. The maximum absolute atomic E-state index is 10.7. The van der Waals surface area contributed by atoms with E-state index in [9.17, 15) is 4.79 Å². The van der Waals surface area contributed by atoms with Crippen LogP contribution >= 0.6 is 0 Å². The molecular weight excluding hydrogens is 182 g/mol. The van der Waals surface area contributed by atoms with Crippen LogP contribution in [0.4, 0.5) is 0 Å². The van der Waals surface area contributed by atoms with Gasteiger partial charge in [-0.1, -0.05) is 0 Å². The number of nitrogens with one attached hydrogen (secondary N) is 1. The van der Waals surface area contributed by atoms with Crippen LogP contribution < -0.4 is 5.32 Å². The number of hydrogen-bond donors (Lipinski definition) is 3. The van der Waals surface area contributed by atoms with Gasteiger partial charge in [0.1, 0.15) is 6.04 Å². The topological polar surface area (TPSA) is 69.6 Å². The molecule has 0 aromatic rings. The van der Waals surface area contributed by atoms with Crippen molar-refractivity contribution in [1.82, 2.24) is 5.32 Å². The highest BCUT2D eigenvalue weighted by Gasteiger charge is 2.45. The molecule has 14 heavy (non-hydrogen) atoms. The molecule has 1 heterocycles. The fourth-order valence-corrected chi connectivity index (χ4v) is 2.30. The van der Waals surface area contributed by atoms with Crippen molar-refractivity contribution in [3.8, 4) is 0 Å². The summed E-state index contributed by atoms with van der Waals surface area (Å²) in [6, 6.07) is -0.0692. The summed E-state index contributed by atoms with van der Waals surface area (Å²) in [5, 5.41) is 21.0.